The van der Waals surface area contributed by atoms with Gasteiger partial charge in [-0.1, -0.05) is 47.0 Å². The van der Waals surface area contributed by atoms with Crippen LogP contribution in [0, 0.1) is 13.8 Å². The van der Waals surface area contributed by atoms with Crippen LogP contribution >= 0.6 is 23.2 Å². The van der Waals surface area contributed by atoms with Gasteiger partial charge >= 0.3 is 0 Å². The molecule has 19 heavy (non-hydrogen) atoms. The fourth-order valence-electron chi connectivity index (χ4n) is 2.29. The van der Waals surface area contributed by atoms with Crippen LogP contribution in [0.25, 0.3) is 0 Å². The van der Waals surface area contributed by atoms with Crippen LogP contribution in [0.5, 0.6) is 0 Å². The number of benzene rings is 2. The minimum Gasteiger partial charge on any atom is -0.309 e. The molecular formula is C16H17Cl2N. The summed E-state index contributed by atoms with van der Waals surface area (Å²) >= 11 is 12.4. The molecule has 0 saturated carbocycles. The molecule has 3 heteroatoms. The van der Waals surface area contributed by atoms with Crippen molar-refractivity contribution in [2.75, 3.05) is 7.05 Å². The first-order chi connectivity index (χ1) is 9.02. The summed E-state index contributed by atoms with van der Waals surface area (Å²) in [7, 11) is 1.93. The SMILES string of the molecule is CNC(c1cc(C)ccc1C)c1cc(Cl)ccc1Cl. The van der Waals surface area contributed by atoms with E-state index in [9.17, 15) is 0 Å². The molecule has 0 amide bonds. The Bertz CT molecular complexity index is 542. The van der Waals surface area contributed by atoms with Crippen molar-refractivity contribution in [2.45, 2.75) is 19.9 Å². The lowest BCUT2D eigenvalue weighted by Crippen LogP contribution is -2.19. The fraction of sp³-hybridized carbons (Fsp3) is 0.250. The third-order valence-electron chi connectivity index (χ3n) is 3.30. The molecule has 0 aliphatic rings. The van der Waals surface area contributed by atoms with Crippen molar-refractivity contribution in [3.63, 3.8) is 0 Å². The standard InChI is InChI=1S/C16H17Cl2N/c1-10-4-5-11(2)13(8-10)16(19-3)14-9-12(17)6-7-15(14)18/h4-9,16,19H,1-3H3. The molecule has 0 aromatic heterocycles. The molecular weight excluding hydrogens is 277 g/mol. The maximum Gasteiger partial charge on any atom is 0.0592 e. The Balaban J connectivity index is 2.55. The molecule has 2 aromatic rings. The van der Waals surface area contributed by atoms with Crippen molar-refractivity contribution >= 4 is 23.2 Å². The van der Waals surface area contributed by atoms with Crippen molar-refractivity contribution < 1.29 is 0 Å². The van der Waals surface area contributed by atoms with Gasteiger partial charge in [0.15, 0.2) is 0 Å². The van der Waals surface area contributed by atoms with Gasteiger partial charge in [-0.2, -0.15) is 0 Å². The van der Waals surface area contributed by atoms with Crippen LogP contribution in [0.4, 0.5) is 0 Å². The molecule has 2 aromatic carbocycles. The van der Waals surface area contributed by atoms with Gasteiger partial charge in [-0.05, 0) is 55.8 Å². The van der Waals surface area contributed by atoms with E-state index in [2.05, 4.69) is 37.4 Å². The van der Waals surface area contributed by atoms with Gasteiger partial charge in [0.25, 0.3) is 0 Å². The van der Waals surface area contributed by atoms with E-state index in [1.54, 1.807) is 0 Å². The van der Waals surface area contributed by atoms with Gasteiger partial charge in [0.05, 0.1) is 6.04 Å². The first-order valence-electron chi connectivity index (χ1n) is 6.22. The average Bonchev–Trinajstić information content (AvgIpc) is 2.38. The van der Waals surface area contributed by atoms with Crippen LogP contribution in [0.2, 0.25) is 10.0 Å². The normalized spacial score (nSPS) is 12.5. The maximum absolute atomic E-state index is 6.31. The van der Waals surface area contributed by atoms with E-state index in [4.69, 9.17) is 23.2 Å². The third kappa shape index (κ3) is 3.11. The summed E-state index contributed by atoms with van der Waals surface area (Å²) in [5.41, 5.74) is 4.71. The number of aryl methyl sites for hydroxylation is 2. The van der Waals surface area contributed by atoms with E-state index in [1.165, 1.54) is 16.7 Å². The topological polar surface area (TPSA) is 12.0 Å². The molecule has 0 fully saturated rings. The number of rotatable bonds is 3. The van der Waals surface area contributed by atoms with Gasteiger partial charge in [0.1, 0.15) is 0 Å². The van der Waals surface area contributed by atoms with E-state index >= 15 is 0 Å². The van der Waals surface area contributed by atoms with Crippen molar-refractivity contribution in [3.05, 3.63) is 68.7 Å². The second kappa shape index (κ2) is 5.96. The Kier molecular flexibility index (Phi) is 4.51. The summed E-state index contributed by atoms with van der Waals surface area (Å²) < 4.78 is 0. The Labute approximate surface area is 124 Å². The van der Waals surface area contributed by atoms with Gasteiger partial charge in [0, 0.05) is 10.0 Å². The molecule has 1 N–H and O–H groups in total. The highest BCUT2D eigenvalue weighted by molar-refractivity contribution is 6.33. The second-order valence-corrected chi connectivity index (χ2v) is 5.59. The molecule has 0 radical (unpaired) electrons. The van der Waals surface area contributed by atoms with Gasteiger partial charge in [0.2, 0.25) is 0 Å². The summed E-state index contributed by atoms with van der Waals surface area (Å²) in [4.78, 5) is 0. The molecule has 2 rings (SSSR count). The fourth-order valence-corrected chi connectivity index (χ4v) is 2.69. The predicted octanol–water partition coefficient (Wildman–Crippen LogP) is 4.92. The van der Waals surface area contributed by atoms with Crippen LogP contribution in [-0.4, -0.2) is 7.05 Å². The molecule has 0 spiro atoms. The largest absolute Gasteiger partial charge is 0.309 e. The molecule has 0 bridgehead atoms. The zero-order chi connectivity index (χ0) is 14.0. The zero-order valence-electron chi connectivity index (χ0n) is 11.3. The molecule has 0 aliphatic heterocycles. The van der Waals surface area contributed by atoms with Gasteiger partial charge in [-0.25, -0.2) is 0 Å². The minimum absolute atomic E-state index is 0.0473. The monoisotopic (exact) mass is 293 g/mol. The number of nitrogens with one attached hydrogen (secondary N) is 1. The van der Waals surface area contributed by atoms with Crippen molar-refractivity contribution in [1.82, 2.24) is 5.32 Å². The number of halogens is 2. The predicted molar refractivity (Wildman–Crippen MR) is 83.3 cm³/mol. The smallest absolute Gasteiger partial charge is 0.0592 e. The first-order valence-corrected chi connectivity index (χ1v) is 6.98. The van der Waals surface area contributed by atoms with Gasteiger partial charge in [-0.3, -0.25) is 0 Å². The second-order valence-electron chi connectivity index (χ2n) is 4.75. The zero-order valence-corrected chi connectivity index (χ0v) is 12.8. The van der Waals surface area contributed by atoms with Gasteiger partial charge < -0.3 is 5.32 Å². The average molecular weight is 294 g/mol. The van der Waals surface area contributed by atoms with Crippen molar-refractivity contribution in [1.29, 1.82) is 0 Å². The highest BCUT2D eigenvalue weighted by Crippen LogP contribution is 2.32. The van der Waals surface area contributed by atoms with E-state index in [0.29, 0.717) is 5.02 Å². The van der Waals surface area contributed by atoms with Crippen LogP contribution in [0.1, 0.15) is 28.3 Å². The van der Waals surface area contributed by atoms with Crippen molar-refractivity contribution in [3.8, 4) is 0 Å². The Morgan fingerprint density at radius 1 is 0.947 bits per heavy atom. The van der Waals surface area contributed by atoms with Crippen LogP contribution in [0.3, 0.4) is 0 Å². The third-order valence-corrected chi connectivity index (χ3v) is 3.88. The highest BCUT2D eigenvalue weighted by Gasteiger charge is 2.17. The summed E-state index contributed by atoms with van der Waals surface area (Å²) in [6, 6.07) is 12.1. The van der Waals surface area contributed by atoms with E-state index in [-0.39, 0.29) is 6.04 Å². The number of hydrogen-bond donors (Lipinski definition) is 1. The lowest BCUT2D eigenvalue weighted by atomic mass is 9.93. The Hall–Kier alpha value is -1.02. The quantitative estimate of drug-likeness (QED) is 0.847. The molecule has 0 aliphatic carbocycles. The molecule has 100 valence electrons. The van der Waals surface area contributed by atoms with Crippen LogP contribution in [-0.2, 0) is 0 Å². The maximum atomic E-state index is 6.31. The molecule has 0 saturated heterocycles. The van der Waals surface area contributed by atoms with E-state index < -0.39 is 0 Å². The molecule has 1 atom stereocenters. The first kappa shape index (κ1) is 14.4. The van der Waals surface area contributed by atoms with Crippen LogP contribution < -0.4 is 5.32 Å². The van der Waals surface area contributed by atoms with Crippen LogP contribution in [0.15, 0.2) is 36.4 Å². The lowest BCUT2D eigenvalue weighted by molar-refractivity contribution is 0.687. The van der Waals surface area contributed by atoms with E-state index in [1.807, 2.05) is 25.2 Å². The molecule has 0 heterocycles. The van der Waals surface area contributed by atoms with E-state index in [0.717, 1.165) is 10.6 Å². The lowest BCUT2D eigenvalue weighted by Gasteiger charge is -2.21. The Morgan fingerprint density at radius 3 is 2.37 bits per heavy atom. The Morgan fingerprint density at radius 2 is 1.68 bits per heavy atom. The summed E-state index contributed by atoms with van der Waals surface area (Å²) in [6.07, 6.45) is 0. The van der Waals surface area contributed by atoms with Crippen molar-refractivity contribution in [2.24, 2.45) is 0 Å². The summed E-state index contributed by atoms with van der Waals surface area (Å²) in [5.74, 6) is 0. The molecule has 1 nitrogen and oxygen atoms in total. The minimum atomic E-state index is 0.0473. The molecule has 1 unspecified atom stereocenters. The highest BCUT2D eigenvalue weighted by atomic mass is 35.5. The number of hydrogen-bond acceptors (Lipinski definition) is 1. The summed E-state index contributed by atoms with van der Waals surface area (Å²) in [5, 5.41) is 4.75. The van der Waals surface area contributed by atoms with Gasteiger partial charge in [-0.15, -0.1) is 0 Å². The summed E-state index contributed by atoms with van der Waals surface area (Å²) in [6.45, 7) is 4.20.